The highest BCUT2D eigenvalue weighted by Crippen LogP contribution is 2.30. The van der Waals surface area contributed by atoms with Gasteiger partial charge in [0, 0.05) is 18.8 Å². The van der Waals surface area contributed by atoms with E-state index >= 15 is 0 Å². The third-order valence-electron chi connectivity index (χ3n) is 5.29. The van der Waals surface area contributed by atoms with Crippen molar-refractivity contribution in [3.63, 3.8) is 0 Å². The molecule has 2 unspecified atom stereocenters. The maximum atomic E-state index is 13.6. The molecule has 0 saturated carbocycles. The number of nitrogens with zero attached hydrogens (tertiary/aromatic N) is 7. The van der Waals surface area contributed by atoms with E-state index in [-0.39, 0.29) is 31.2 Å². The molecule has 0 spiro atoms. The highest BCUT2D eigenvalue weighted by atomic mass is 19.3. The Bertz CT molecular complexity index is 1020. The second kappa shape index (κ2) is 7.70. The Morgan fingerprint density at radius 2 is 2.13 bits per heavy atom. The largest absolute Gasteiger partial charge is 0.344 e. The number of urea groups is 1. The fourth-order valence-electron chi connectivity index (χ4n) is 3.73. The van der Waals surface area contributed by atoms with Crippen molar-refractivity contribution in [3.05, 3.63) is 42.0 Å². The van der Waals surface area contributed by atoms with Crippen molar-refractivity contribution in [3.8, 4) is 6.07 Å². The normalized spacial score (nSPS) is 21.0. The molecule has 156 valence electrons. The molecule has 0 aliphatic carbocycles. The van der Waals surface area contributed by atoms with Crippen LogP contribution in [0.4, 0.5) is 19.3 Å². The van der Waals surface area contributed by atoms with Gasteiger partial charge in [0.15, 0.2) is 0 Å². The number of pyridine rings is 1. The zero-order valence-corrected chi connectivity index (χ0v) is 16.2. The van der Waals surface area contributed by atoms with Crippen LogP contribution in [0.15, 0.2) is 30.6 Å². The van der Waals surface area contributed by atoms with Crippen molar-refractivity contribution >= 4 is 17.6 Å². The van der Waals surface area contributed by atoms with E-state index < -0.39 is 30.0 Å². The average molecular weight is 415 g/mol. The SMILES string of the molecule is CC1Cn2nccc2CN1C(=O)N(c1ccnc(C(F)F)c1)N1CC(C#N)CC1=O. The summed E-state index contributed by atoms with van der Waals surface area (Å²) in [6.45, 7) is 2.58. The van der Waals surface area contributed by atoms with Gasteiger partial charge in [-0.2, -0.15) is 15.4 Å². The van der Waals surface area contributed by atoms with Crippen molar-refractivity contribution in [2.75, 3.05) is 11.6 Å². The van der Waals surface area contributed by atoms with Crippen molar-refractivity contribution in [1.82, 2.24) is 24.7 Å². The lowest BCUT2D eigenvalue weighted by Gasteiger charge is -2.40. The molecule has 3 amide bonds. The molecule has 0 radical (unpaired) electrons. The standard InChI is InChI=1S/C19H19F2N7O2/c1-12-9-26-15(3-5-24-26)11-25(12)19(30)28(27-10-13(8-22)6-17(27)29)14-2-4-23-16(7-14)18(20)21/h2-5,7,12-13,18H,6,9-11H2,1H3. The Balaban J connectivity index is 1.72. The number of hydrogen-bond acceptors (Lipinski definition) is 5. The van der Waals surface area contributed by atoms with Crippen molar-refractivity contribution in [2.45, 2.75) is 38.9 Å². The van der Waals surface area contributed by atoms with Gasteiger partial charge in [0.05, 0.1) is 49.0 Å². The number of alkyl halides is 2. The lowest BCUT2D eigenvalue weighted by molar-refractivity contribution is -0.128. The predicted octanol–water partition coefficient (Wildman–Crippen LogP) is 2.33. The van der Waals surface area contributed by atoms with E-state index in [4.69, 9.17) is 0 Å². The number of carbonyl (C=O) groups is 2. The van der Waals surface area contributed by atoms with Gasteiger partial charge in [-0.15, -0.1) is 0 Å². The minimum absolute atomic E-state index is 0.00750. The van der Waals surface area contributed by atoms with Crippen LogP contribution in [0.2, 0.25) is 0 Å². The van der Waals surface area contributed by atoms with E-state index in [0.717, 1.165) is 16.8 Å². The first-order valence-electron chi connectivity index (χ1n) is 9.44. The topological polar surface area (TPSA) is 98.4 Å². The highest BCUT2D eigenvalue weighted by molar-refractivity contribution is 5.96. The monoisotopic (exact) mass is 415 g/mol. The van der Waals surface area contributed by atoms with Crippen LogP contribution >= 0.6 is 0 Å². The molecule has 2 aliphatic heterocycles. The summed E-state index contributed by atoms with van der Waals surface area (Å²) >= 11 is 0. The third-order valence-corrected chi connectivity index (χ3v) is 5.29. The van der Waals surface area contributed by atoms with Crippen molar-refractivity contribution < 1.29 is 18.4 Å². The molecule has 4 rings (SSSR count). The van der Waals surface area contributed by atoms with Gasteiger partial charge in [0.25, 0.3) is 6.43 Å². The molecule has 2 atom stereocenters. The van der Waals surface area contributed by atoms with E-state index in [1.54, 1.807) is 21.8 Å². The second-order valence-electron chi connectivity index (χ2n) is 7.32. The Kier molecular flexibility index (Phi) is 5.07. The fraction of sp³-hybridized carbons (Fsp3) is 0.421. The molecule has 2 aromatic rings. The number of anilines is 1. The zero-order valence-electron chi connectivity index (χ0n) is 16.2. The Labute approximate surface area is 171 Å². The summed E-state index contributed by atoms with van der Waals surface area (Å²) in [5, 5.41) is 15.7. The summed E-state index contributed by atoms with van der Waals surface area (Å²) in [5.74, 6) is -0.996. The number of aromatic nitrogens is 3. The minimum atomic E-state index is -2.83. The van der Waals surface area contributed by atoms with E-state index in [2.05, 4.69) is 10.1 Å². The van der Waals surface area contributed by atoms with E-state index in [1.165, 1.54) is 17.3 Å². The van der Waals surface area contributed by atoms with Gasteiger partial charge in [-0.25, -0.2) is 18.6 Å². The first-order valence-corrected chi connectivity index (χ1v) is 9.44. The number of nitriles is 1. The first-order chi connectivity index (χ1) is 14.4. The second-order valence-corrected chi connectivity index (χ2v) is 7.32. The molecule has 4 heterocycles. The predicted molar refractivity (Wildman–Crippen MR) is 99.7 cm³/mol. The van der Waals surface area contributed by atoms with Crippen LogP contribution in [0, 0.1) is 17.2 Å². The Morgan fingerprint density at radius 1 is 1.33 bits per heavy atom. The van der Waals surface area contributed by atoms with Gasteiger partial charge >= 0.3 is 6.03 Å². The molecule has 1 saturated heterocycles. The van der Waals surface area contributed by atoms with Gasteiger partial charge in [0.1, 0.15) is 5.69 Å². The maximum Gasteiger partial charge on any atom is 0.344 e. The number of rotatable bonds is 3. The Hall–Kier alpha value is -3.55. The number of hydrazine groups is 1. The summed E-state index contributed by atoms with van der Waals surface area (Å²) in [6.07, 6.45) is -0.0392. The van der Waals surface area contributed by atoms with Gasteiger partial charge in [0.2, 0.25) is 5.91 Å². The molecule has 0 bridgehead atoms. The first kappa shape index (κ1) is 19.8. The van der Waals surface area contributed by atoms with Crippen LogP contribution in [0.5, 0.6) is 0 Å². The van der Waals surface area contributed by atoms with Crippen LogP contribution in [-0.2, 0) is 17.9 Å². The van der Waals surface area contributed by atoms with Crippen LogP contribution in [0.3, 0.4) is 0 Å². The lowest BCUT2D eigenvalue weighted by Crippen LogP contribution is -2.57. The molecular formula is C19H19F2N7O2. The number of fused-ring (bicyclic) bond motifs is 1. The molecule has 9 nitrogen and oxygen atoms in total. The van der Waals surface area contributed by atoms with Gasteiger partial charge in [-0.3, -0.25) is 14.5 Å². The molecule has 0 N–H and O–H groups in total. The van der Waals surface area contributed by atoms with Crippen molar-refractivity contribution in [2.24, 2.45) is 5.92 Å². The summed E-state index contributed by atoms with van der Waals surface area (Å²) in [7, 11) is 0. The molecular weight excluding hydrogens is 396 g/mol. The Morgan fingerprint density at radius 3 is 2.83 bits per heavy atom. The van der Waals surface area contributed by atoms with Gasteiger partial charge < -0.3 is 4.90 Å². The van der Waals surface area contributed by atoms with Crippen LogP contribution < -0.4 is 5.01 Å². The zero-order chi connectivity index (χ0) is 21.4. The van der Waals surface area contributed by atoms with E-state index in [9.17, 15) is 23.6 Å². The molecule has 30 heavy (non-hydrogen) atoms. The van der Waals surface area contributed by atoms with Gasteiger partial charge in [-0.05, 0) is 25.1 Å². The lowest BCUT2D eigenvalue weighted by atomic mass is 10.1. The summed E-state index contributed by atoms with van der Waals surface area (Å²) in [6, 6.07) is 5.55. The van der Waals surface area contributed by atoms with E-state index in [1.807, 2.05) is 13.0 Å². The maximum absolute atomic E-state index is 13.6. The quantitative estimate of drug-likeness (QED) is 0.766. The summed E-state index contributed by atoms with van der Waals surface area (Å²) in [5.41, 5.74) is 0.425. The minimum Gasteiger partial charge on any atom is -0.312 e. The molecule has 11 heteroatoms. The number of hydrogen-bond donors (Lipinski definition) is 0. The molecule has 1 fully saturated rings. The van der Waals surface area contributed by atoms with Gasteiger partial charge in [-0.1, -0.05) is 0 Å². The van der Waals surface area contributed by atoms with Crippen LogP contribution in [0.25, 0.3) is 0 Å². The average Bonchev–Trinajstić information content (AvgIpc) is 3.33. The van der Waals surface area contributed by atoms with E-state index in [0.29, 0.717) is 6.54 Å². The smallest absolute Gasteiger partial charge is 0.312 e. The fourth-order valence-corrected chi connectivity index (χ4v) is 3.73. The summed E-state index contributed by atoms with van der Waals surface area (Å²) in [4.78, 5) is 31.4. The number of amides is 3. The molecule has 2 aromatic heterocycles. The molecule has 2 aliphatic rings. The van der Waals surface area contributed by atoms with Crippen LogP contribution in [0.1, 0.15) is 31.2 Å². The van der Waals surface area contributed by atoms with Crippen LogP contribution in [-0.4, -0.2) is 49.2 Å². The molecule has 0 aromatic carbocycles. The third kappa shape index (κ3) is 3.45. The number of halogens is 2. The number of carbonyl (C=O) groups excluding carboxylic acids is 2. The summed E-state index contributed by atoms with van der Waals surface area (Å²) < 4.78 is 28.2. The highest BCUT2D eigenvalue weighted by Gasteiger charge is 2.40. The van der Waals surface area contributed by atoms with Crippen molar-refractivity contribution in [1.29, 1.82) is 5.26 Å².